The molecule has 1 amide bonds. The summed E-state index contributed by atoms with van der Waals surface area (Å²) >= 11 is 5.51. The van der Waals surface area contributed by atoms with Gasteiger partial charge in [-0.25, -0.2) is 0 Å². The van der Waals surface area contributed by atoms with Crippen LogP contribution in [-0.4, -0.2) is 29.6 Å². The number of hydrogen-bond donors (Lipinski definition) is 2. The Balaban J connectivity index is 2.09. The molecular formula is C18H21N3O2S. The fraction of sp³-hybridized carbons (Fsp3) is 0.222. The molecule has 6 heteroatoms. The van der Waals surface area contributed by atoms with Crippen LogP contribution in [0.1, 0.15) is 12.0 Å². The Morgan fingerprint density at radius 1 is 1.21 bits per heavy atom. The lowest BCUT2D eigenvalue weighted by Gasteiger charge is -2.25. The van der Waals surface area contributed by atoms with E-state index in [2.05, 4.69) is 5.32 Å². The second-order valence-electron chi connectivity index (χ2n) is 5.29. The van der Waals surface area contributed by atoms with Crippen LogP contribution in [0.25, 0.3) is 0 Å². The summed E-state index contributed by atoms with van der Waals surface area (Å²) in [7, 11) is 1.62. The van der Waals surface area contributed by atoms with Crippen molar-refractivity contribution in [1.82, 2.24) is 4.90 Å². The van der Waals surface area contributed by atoms with Crippen LogP contribution in [-0.2, 0) is 11.3 Å². The van der Waals surface area contributed by atoms with Crippen LogP contribution in [0.5, 0.6) is 5.75 Å². The second kappa shape index (κ2) is 8.88. The van der Waals surface area contributed by atoms with Gasteiger partial charge in [0.15, 0.2) is 5.11 Å². The largest absolute Gasteiger partial charge is 0.497 e. The summed E-state index contributed by atoms with van der Waals surface area (Å²) in [5.74, 6) is 0.395. The molecular weight excluding hydrogens is 322 g/mol. The SMILES string of the molecule is COc1cccc(NC(=S)N(CCC(N)=O)Cc2ccccc2)c1. The van der Waals surface area contributed by atoms with Crippen molar-refractivity contribution >= 4 is 28.9 Å². The van der Waals surface area contributed by atoms with E-state index >= 15 is 0 Å². The van der Waals surface area contributed by atoms with Crippen LogP contribution in [0.4, 0.5) is 5.69 Å². The number of methoxy groups -OCH3 is 1. The number of hydrogen-bond acceptors (Lipinski definition) is 3. The third-order valence-electron chi connectivity index (χ3n) is 3.45. The number of amides is 1. The van der Waals surface area contributed by atoms with Gasteiger partial charge < -0.3 is 20.7 Å². The summed E-state index contributed by atoms with van der Waals surface area (Å²) in [5.41, 5.74) is 7.22. The lowest BCUT2D eigenvalue weighted by molar-refractivity contribution is -0.118. The van der Waals surface area contributed by atoms with Crippen LogP contribution in [0.2, 0.25) is 0 Å². The van der Waals surface area contributed by atoms with Crippen LogP contribution in [0, 0.1) is 0 Å². The number of carbonyl (C=O) groups is 1. The van der Waals surface area contributed by atoms with E-state index in [-0.39, 0.29) is 12.3 Å². The minimum Gasteiger partial charge on any atom is -0.497 e. The number of thiocarbonyl (C=S) groups is 1. The van der Waals surface area contributed by atoms with Crippen LogP contribution < -0.4 is 15.8 Å². The molecule has 0 aliphatic heterocycles. The average molecular weight is 343 g/mol. The molecule has 0 saturated carbocycles. The zero-order chi connectivity index (χ0) is 17.4. The number of ether oxygens (including phenoxy) is 1. The van der Waals surface area contributed by atoms with Crippen molar-refractivity contribution in [3.05, 3.63) is 60.2 Å². The summed E-state index contributed by atoms with van der Waals surface area (Å²) < 4.78 is 5.21. The molecule has 0 aliphatic carbocycles. The molecule has 0 atom stereocenters. The fourth-order valence-electron chi connectivity index (χ4n) is 2.20. The lowest BCUT2D eigenvalue weighted by Crippen LogP contribution is -2.36. The maximum Gasteiger partial charge on any atom is 0.219 e. The Hall–Kier alpha value is -2.60. The maximum absolute atomic E-state index is 11.1. The quantitative estimate of drug-likeness (QED) is 0.757. The minimum absolute atomic E-state index is 0.243. The number of benzene rings is 2. The van der Waals surface area contributed by atoms with Crippen molar-refractivity contribution in [1.29, 1.82) is 0 Å². The topological polar surface area (TPSA) is 67.6 Å². The first-order valence-electron chi connectivity index (χ1n) is 7.60. The zero-order valence-corrected chi connectivity index (χ0v) is 14.4. The predicted octanol–water partition coefficient (Wildman–Crippen LogP) is 2.77. The predicted molar refractivity (Wildman–Crippen MR) is 99.9 cm³/mol. The van der Waals surface area contributed by atoms with E-state index in [4.69, 9.17) is 22.7 Å². The molecule has 0 aliphatic rings. The highest BCUT2D eigenvalue weighted by atomic mass is 32.1. The second-order valence-corrected chi connectivity index (χ2v) is 5.67. The molecule has 0 fully saturated rings. The average Bonchev–Trinajstić information content (AvgIpc) is 2.59. The molecule has 0 saturated heterocycles. The number of primary amides is 1. The minimum atomic E-state index is -0.350. The Morgan fingerprint density at radius 2 is 1.96 bits per heavy atom. The third-order valence-corrected chi connectivity index (χ3v) is 3.81. The molecule has 2 rings (SSSR count). The van der Waals surface area contributed by atoms with Gasteiger partial charge in [0.25, 0.3) is 0 Å². The van der Waals surface area contributed by atoms with Gasteiger partial charge in [0.05, 0.1) is 7.11 Å². The molecule has 24 heavy (non-hydrogen) atoms. The van der Waals surface area contributed by atoms with Gasteiger partial charge in [-0.2, -0.15) is 0 Å². The highest BCUT2D eigenvalue weighted by Crippen LogP contribution is 2.17. The van der Waals surface area contributed by atoms with Gasteiger partial charge >= 0.3 is 0 Å². The number of anilines is 1. The fourth-order valence-corrected chi connectivity index (χ4v) is 2.48. The summed E-state index contributed by atoms with van der Waals surface area (Å²) in [6.45, 7) is 1.06. The first-order valence-corrected chi connectivity index (χ1v) is 8.01. The van der Waals surface area contributed by atoms with Crippen molar-refractivity contribution in [2.45, 2.75) is 13.0 Å². The summed E-state index contributed by atoms with van der Waals surface area (Å²) in [4.78, 5) is 13.1. The maximum atomic E-state index is 11.1. The monoisotopic (exact) mass is 343 g/mol. The van der Waals surface area contributed by atoms with Crippen LogP contribution in [0.15, 0.2) is 54.6 Å². The number of nitrogens with zero attached hydrogens (tertiary/aromatic N) is 1. The molecule has 0 heterocycles. The normalized spacial score (nSPS) is 10.0. The van der Waals surface area contributed by atoms with Crippen molar-refractivity contribution in [2.75, 3.05) is 19.0 Å². The molecule has 0 unspecified atom stereocenters. The molecule has 0 radical (unpaired) electrons. The van der Waals surface area contributed by atoms with Crippen LogP contribution in [0.3, 0.4) is 0 Å². The van der Waals surface area contributed by atoms with Crippen molar-refractivity contribution < 1.29 is 9.53 Å². The summed E-state index contributed by atoms with van der Waals surface area (Å²) in [5, 5.41) is 3.72. The van der Waals surface area contributed by atoms with E-state index in [1.54, 1.807) is 7.11 Å². The van der Waals surface area contributed by atoms with Crippen molar-refractivity contribution in [3.8, 4) is 5.75 Å². The molecule has 2 aromatic rings. The van der Waals surface area contributed by atoms with E-state index in [1.807, 2.05) is 59.5 Å². The van der Waals surface area contributed by atoms with Gasteiger partial charge in [-0.1, -0.05) is 36.4 Å². The molecule has 126 valence electrons. The smallest absolute Gasteiger partial charge is 0.219 e. The van der Waals surface area contributed by atoms with E-state index in [9.17, 15) is 4.79 Å². The van der Waals surface area contributed by atoms with E-state index in [0.717, 1.165) is 17.0 Å². The van der Waals surface area contributed by atoms with E-state index in [0.29, 0.717) is 18.2 Å². The number of nitrogens with two attached hydrogens (primary N) is 1. The summed E-state index contributed by atoms with van der Waals surface area (Å²) in [6, 6.07) is 17.5. The molecule has 3 N–H and O–H groups in total. The van der Waals surface area contributed by atoms with Gasteiger partial charge in [-0.05, 0) is 29.9 Å². The zero-order valence-electron chi connectivity index (χ0n) is 13.6. The Bertz CT molecular complexity index is 692. The molecule has 0 bridgehead atoms. The Kier molecular flexibility index (Phi) is 6.57. The Labute approximate surface area is 147 Å². The molecule has 0 aromatic heterocycles. The number of carbonyl (C=O) groups excluding carboxylic acids is 1. The van der Waals surface area contributed by atoms with Crippen molar-refractivity contribution in [2.24, 2.45) is 5.73 Å². The van der Waals surface area contributed by atoms with Gasteiger partial charge in [0, 0.05) is 31.3 Å². The third kappa shape index (κ3) is 5.55. The summed E-state index contributed by atoms with van der Waals surface area (Å²) in [6.07, 6.45) is 0.243. The van der Waals surface area contributed by atoms with Crippen molar-refractivity contribution in [3.63, 3.8) is 0 Å². The van der Waals surface area contributed by atoms with Gasteiger partial charge in [0.2, 0.25) is 5.91 Å². The van der Waals surface area contributed by atoms with E-state index < -0.39 is 0 Å². The molecule has 0 spiro atoms. The van der Waals surface area contributed by atoms with Gasteiger partial charge in [-0.15, -0.1) is 0 Å². The highest BCUT2D eigenvalue weighted by Gasteiger charge is 2.12. The van der Waals surface area contributed by atoms with Gasteiger partial charge in [-0.3, -0.25) is 4.79 Å². The standard InChI is InChI=1S/C18H21N3O2S/c1-23-16-9-5-8-15(12-16)20-18(24)21(11-10-17(19)22)13-14-6-3-2-4-7-14/h2-9,12H,10-11,13H2,1H3,(H2,19,22)(H,20,24). The molecule has 2 aromatic carbocycles. The number of nitrogens with one attached hydrogen (secondary N) is 1. The first kappa shape index (κ1) is 17.7. The van der Waals surface area contributed by atoms with Crippen LogP contribution >= 0.6 is 12.2 Å². The Morgan fingerprint density at radius 3 is 2.62 bits per heavy atom. The number of rotatable bonds is 7. The van der Waals surface area contributed by atoms with E-state index in [1.165, 1.54) is 0 Å². The highest BCUT2D eigenvalue weighted by molar-refractivity contribution is 7.80. The lowest BCUT2D eigenvalue weighted by atomic mass is 10.2. The first-order chi connectivity index (χ1) is 11.6. The molecule has 5 nitrogen and oxygen atoms in total. The van der Waals surface area contributed by atoms with Gasteiger partial charge in [0.1, 0.15) is 5.75 Å².